The number of ketones is 1. The van der Waals surface area contributed by atoms with E-state index in [2.05, 4.69) is 6.92 Å². The topological polar surface area (TPSA) is 89.2 Å². The fraction of sp³-hybridized carbons (Fsp3) is 0.310. The third-order valence-electron chi connectivity index (χ3n) is 6.40. The zero-order valence-corrected chi connectivity index (χ0v) is 21.1. The van der Waals surface area contributed by atoms with Crippen LogP contribution in [0, 0.1) is 12.7 Å². The van der Waals surface area contributed by atoms with Crippen molar-refractivity contribution < 1.29 is 33.0 Å². The standard InChI is InChI=1S/C29H30FNO6/c1-4-5-6-13-37-23-12-11-19(16-24(23)35-3)26-25(27(32)20-10-9-18(2)22(30)15-20)28(33)29(34)31(26)17-21-8-7-14-36-21/h7-12,14-16,26,32H,4-6,13,17H2,1-3H3/t26-/m0/s1. The minimum atomic E-state index is -0.961. The summed E-state index contributed by atoms with van der Waals surface area (Å²) in [5, 5.41) is 11.2. The number of Topliss-reactive ketones (excluding diaryl/α,β-unsaturated/α-hetero) is 1. The number of furan rings is 1. The van der Waals surface area contributed by atoms with Gasteiger partial charge in [-0.3, -0.25) is 9.59 Å². The predicted octanol–water partition coefficient (Wildman–Crippen LogP) is 5.93. The highest BCUT2D eigenvalue weighted by Gasteiger charge is 2.46. The van der Waals surface area contributed by atoms with E-state index >= 15 is 0 Å². The molecule has 8 heteroatoms. The number of aliphatic hydroxyl groups is 1. The van der Waals surface area contributed by atoms with E-state index in [0.29, 0.717) is 35.0 Å². The number of rotatable bonds is 10. The first-order chi connectivity index (χ1) is 17.8. The Hall–Kier alpha value is -4.07. The maximum absolute atomic E-state index is 14.3. The van der Waals surface area contributed by atoms with Crippen molar-refractivity contribution in [2.24, 2.45) is 0 Å². The average molecular weight is 508 g/mol. The molecule has 2 heterocycles. The Morgan fingerprint density at radius 1 is 1.11 bits per heavy atom. The van der Waals surface area contributed by atoms with Gasteiger partial charge in [0.1, 0.15) is 17.3 Å². The quantitative estimate of drug-likeness (QED) is 0.158. The van der Waals surface area contributed by atoms with Crippen LogP contribution in [0.1, 0.15) is 54.7 Å². The van der Waals surface area contributed by atoms with Gasteiger partial charge in [0.25, 0.3) is 11.7 Å². The van der Waals surface area contributed by atoms with Crippen LogP contribution in [0.5, 0.6) is 11.5 Å². The van der Waals surface area contributed by atoms with E-state index in [4.69, 9.17) is 13.9 Å². The third-order valence-corrected chi connectivity index (χ3v) is 6.40. The number of aliphatic hydroxyl groups excluding tert-OH is 1. The van der Waals surface area contributed by atoms with Gasteiger partial charge in [-0.2, -0.15) is 0 Å². The minimum absolute atomic E-state index is 0.00113. The highest BCUT2D eigenvalue weighted by Crippen LogP contribution is 2.42. The summed E-state index contributed by atoms with van der Waals surface area (Å²) in [7, 11) is 1.51. The highest BCUT2D eigenvalue weighted by molar-refractivity contribution is 6.46. The summed E-state index contributed by atoms with van der Waals surface area (Å²) in [6.45, 7) is 4.23. The lowest BCUT2D eigenvalue weighted by Crippen LogP contribution is -2.29. The number of methoxy groups -OCH3 is 1. The van der Waals surface area contributed by atoms with Crippen LogP contribution >= 0.6 is 0 Å². The van der Waals surface area contributed by atoms with Gasteiger partial charge >= 0.3 is 0 Å². The van der Waals surface area contributed by atoms with Crippen LogP contribution in [0.15, 0.2) is 64.8 Å². The van der Waals surface area contributed by atoms with E-state index in [-0.39, 0.29) is 17.7 Å². The SMILES string of the molecule is CCCCCOc1ccc([C@H]2C(=C(O)c3ccc(C)c(F)c3)C(=O)C(=O)N2Cc2ccco2)cc1OC. The van der Waals surface area contributed by atoms with Crippen molar-refractivity contribution in [3.63, 3.8) is 0 Å². The summed E-state index contributed by atoms with van der Waals surface area (Å²) in [6, 6.07) is 11.7. The molecule has 3 aromatic rings. The van der Waals surface area contributed by atoms with E-state index in [0.717, 1.165) is 25.3 Å². The van der Waals surface area contributed by atoms with Crippen molar-refractivity contribution in [3.05, 3.63) is 88.6 Å². The number of halogens is 1. The number of nitrogens with zero attached hydrogens (tertiary/aromatic N) is 1. The molecule has 1 saturated heterocycles. The molecule has 0 aliphatic carbocycles. The van der Waals surface area contributed by atoms with Crippen molar-refractivity contribution in [1.82, 2.24) is 4.90 Å². The van der Waals surface area contributed by atoms with Gasteiger partial charge in [-0.15, -0.1) is 0 Å². The van der Waals surface area contributed by atoms with Crippen LogP contribution in [-0.4, -0.2) is 35.4 Å². The number of likely N-dealkylation sites (tertiary alicyclic amines) is 1. The van der Waals surface area contributed by atoms with Gasteiger partial charge in [0.15, 0.2) is 11.5 Å². The molecule has 1 aliphatic heterocycles. The molecular weight excluding hydrogens is 477 g/mol. The summed E-state index contributed by atoms with van der Waals surface area (Å²) in [4.78, 5) is 27.7. The van der Waals surface area contributed by atoms with Crippen molar-refractivity contribution in [3.8, 4) is 11.5 Å². The molecule has 0 bridgehead atoms. The van der Waals surface area contributed by atoms with Gasteiger partial charge < -0.3 is 23.9 Å². The van der Waals surface area contributed by atoms with Crippen molar-refractivity contribution >= 4 is 17.4 Å². The molecule has 1 amide bonds. The van der Waals surface area contributed by atoms with Gasteiger partial charge in [0.2, 0.25) is 0 Å². The van der Waals surface area contributed by atoms with Crippen LogP contribution in [0.25, 0.3) is 5.76 Å². The number of hydrogen-bond donors (Lipinski definition) is 1. The van der Waals surface area contributed by atoms with E-state index in [1.807, 2.05) is 0 Å². The van der Waals surface area contributed by atoms with Crippen molar-refractivity contribution in [1.29, 1.82) is 0 Å². The first kappa shape index (κ1) is 26.0. The van der Waals surface area contributed by atoms with Crippen LogP contribution in [-0.2, 0) is 16.1 Å². The van der Waals surface area contributed by atoms with Crippen molar-refractivity contribution in [2.45, 2.75) is 45.7 Å². The molecule has 1 aliphatic rings. The Labute approximate surface area is 215 Å². The van der Waals surface area contributed by atoms with Gasteiger partial charge in [-0.05, 0) is 54.8 Å². The molecule has 2 aromatic carbocycles. The molecule has 0 spiro atoms. The molecule has 37 heavy (non-hydrogen) atoms. The lowest BCUT2D eigenvalue weighted by Gasteiger charge is -2.25. The Morgan fingerprint density at radius 3 is 2.59 bits per heavy atom. The summed E-state index contributed by atoms with van der Waals surface area (Å²) < 4.78 is 31.2. The summed E-state index contributed by atoms with van der Waals surface area (Å²) in [6.07, 6.45) is 4.49. The molecule has 0 saturated carbocycles. The Balaban J connectivity index is 1.80. The van der Waals surface area contributed by atoms with Crippen LogP contribution in [0.3, 0.4) is 0 Å². The summed E-state index contributed by atoms with van der Waals surface area (Å²) >= 11 is 0. The zero-order valence-electron chi connectivity index (χ0n) is 21.1. The Bertz CT molecular complexity index is 1310. The molecule has 4 rings (SSSR count). The number of carbonyl (C=O) groups is 2. The average Bonchev–Trinajstić information content (AvgIpc) is 3.50. The van der Waals surface area contributed by atoms with Gasteiger partial charge in [0, 0.05) is 5.56 Å². The van der Waals surface area contributed by atoms with Crippen LogP contribution in [0.2, 0.25) is 0 Å². The first-order valence-corrected chi connectivity index (χ1v) is 12.2. The zero-order chi connectivity index (χ0) is 26.5. The number of benzene rings is 2. The predicted molar refractivity (Wildman–Crippen MR) is 136 cm³/mol. The molecule has 0 unspecified atom stereocenters. The molecule has 194 valence electrons. The fourth-order valence-electron chi connectivity index (χ4n) is 4.36. The number of aryl methyl sites for hydroxylation is 1. The van der Waals surface area contributed by atoms with E-state index in [1.165, 1.54) is 30.4 Å². The maximum atomic E-state index is 14.3. The molecule has 1 fully saturated rings. The number of carbonyl (C=O) groups excluding carboxylic acids is 2. The first-order valence-electron chi connectivity index (χ1n) is 12.2. The van der Waals surface area contributed by atoms with Crippen LogP contribution in [0.4, 0.5) is 4.39 Å². The lowest BCUT2D eigenvalue weighted by molar-refractivity contribution is -0.140. The molecular formula is C29H30FNO6. The van der Waals surface area contributed by atoms with Crippen molar-refractivity contribution in [2.75, 3.05) is 13.7 Å². The molecule has 1 atom stereocenters. The molecule has 7 nitrogen and oxygen atoms in total. The fourth-order valence-corrected chi connectivity index (χ4v) is 4.36. The molecule has 1 N–H and O–H groups in total. The highest BCUT2D eigenvalue weighted by atomic mass is 19.1. The van der Waals surface area contributed by atoms with E-state index in [1.54, 1.807) is 37.3 Å². The second-order valence-corrected chi connectivity index (χ2v) is 8.94. The third kappa shape index (κ3) is 5.38. The number of unbranched alkanes of at least 4 members (excludes halogenated alkanes) is 2. The summed E-state index contributed by atoms with van der Waals surface area (Å²) in [5.74, 6) is -1.22. The number of hydrogen-bond acceptors (Lipinski definition) is 6. The lowest BCUT2D eigenvalue weighted by atomic mass is 9.94. The van der Waals surface area contributed by atoms with Gasteiger partial charge in [0.05, 0.1) is 38.1 Å². The van der Waals surface area contributed by atoms with Crippen LogP contribution < -0.4 is 9.47 Å². The van der Waals surface area contributed by atoms with E-state index in [9.17, 15) is 19.1 Å². The molecule has 1 aromatic heterocycles. The summed E-state index contributed by atoms with van der Waals surface area (Å²) in [5.41, 5.74) is 0.883. The number of ether oxygens (including phenoxy) is 2. The second-order valence-electron chi connectivity index (χ2n) is 8.94. The monoisotopic (exact) mass is 507 g/mol. The smallest absolute Gasteiger partial charge is 0.296 e. The second kappa shape index (κ2) is 11.3. The van der Waals surface area contributed by atoms with Gasteiger partial charge in [-0.1, -0.05) is 38.0 Å². The van der Waals surface area contributed by atoms with Gasteiger partial charge in [-0.25, -0.2) is 4.39 Å². The minimum Gasteiger partial charge on any atom is -0.507 e. The largest absolute Gasteiger partial charge is 0.507 e. The normalized spacial score (nSPS) is 16.9. The Morgan fingerprint density at radius 2 is 1.92 bits per heavy atom. The molecule has 0 radical (unpaired) electrons. The Kier molecular flexibility index (Phi) is 7.96. The van der Waals surface area contributed by atoms with E-state index < -0.39 is 29.3 Å². The number of amides is 1. The maximum Gasteiger partial charge on any atom is 0.296 e.